The van der Waals surface area contributed by atoms with Crippen molar-refractivity contribution in [1.82, 2.24) is 10.4 Å². The van der Waals surface area contributed by atoms with E-state index in [0.29, 0.717) is 27.0 Å². The van der Waals surface area contributed by atoms with Crippen molar-refractivity contribution in [3.05, 3.63) is 58.1 Å². The molecule has 3 aromatic rings. The van der Waals surface area contributed by atoms with Crippen LogP contribution in [0.5, 0.6) is 0 Å². The van der Waals surface area contributed by atoms with E-state index < -0.39 is 10.8 Å². The van der Waals surface area contributed by atoms with Gasteiger partial charge in [-0.3, -0.25) is 20.3 Å². The molecule has 0 aliphatic carbocycles. The van der Waals surface area contributed by atoms with E-state index in [1.54, 1.807) is 36.4 Å². The zero-order valence-electron chi connectivity index (χ0n) is 11.1. The molecule has 0 atom stereocenters. The van der Waals surface area contributed by atoms with Crippen molar-refractivity contribution in [2.45, 2.75) is 0 Å². The zero-order valence-corrected chi connectivity index (χ0v) is 12.0. The fourth-order valence-corrected chi connectivity index (χ4v) is 2.91. The number of carbonyl (C=O) groups is 1. The van der Waals surface area contributed by atoms with Crippen LogP contribution in [0.4, 0.5) is 5.00 Å². The van der Waals surface area contributed by atoms with Crippen LogP contribution in [0, 0.1) is 10.1 Å². The van der Waals surface area contributed by atoms with Gasteiger partial charge in [-0.1, -0.05) is 29.5 Å². The molecule has 0 bridgehead atoms. The second-order valence-electron chi connectivity index (χ2n) is 4.44. The Balaban J connectivity index is 2.21. The Hall–Kier alpha value is -2.84. The molecule has 0 aliphatic rings. The summed E-state index contributed by atoms with van der Waals surface area (Å²) in [6.07, 6.45) is 0. The van der Waals surface area contributed by atoms with Crippen molar-refractivity contribution in [2.24, 2.45) is 5.84 Å². The van der Waals surface area contributed by atoms with Crippen LogP contribution in [0.25, 0.3) is 21.5 Å². The predicted octanol–water partition coefficient (Wildman–Crippen LogP) is 2.48. The molecule has 0 unspecified atom stereocenters. The van der Waals surface area contributed by atoms with Gasteiger partial charge in [-0.2, -0.15) is 0 Å². The Kier molecular flexibility index (Phi) is 3.53. The number of hydrogen-bond acceptors (Lipinski definition) is 6. The van der Waals surface area contributed by atoms with Gasteiger partial charge in [0.05, 0.1) is 26.6 Å². The third-order valence-electron chi connectivity index (χ3n) is 3.12. The molecule has 2 aromatic heterocycles. The van der Waals surface area contributed by atoms with E-state index in [4.69, 9.17) is 5.84 Å². The van der Waals surface area contributed by atoms with Crippen LogP contribution in [-0.2, 0) is 0 Å². The minimum absolute atomic E-state index is 0.0229. The van der Waals surface area contributed by atoms with Gasteiger partial charge in [-0.15, -0.1) is 0 Å². The number of nitrogens with zero attached hydrogens (tertiary/aromatic N) is 2. The molecule has 0 radical (unpaired) electrons. The fourth-order valence-electron chi connectivity index (χ4n) is 2.13. The summed E-state index contributed by atoms with van der Waals surface area (Å²) in [5.41, 5.74) is 3.59. The molecule has 3 rings (SSSR count). The van der Waals surface area contributed by atoms with Crippen LogP contribution in [0.15, 0.2) is 42.5 Å². The summed E-state index contributed by atoms with van der Waals surface area (Å²) in [6, 6.07) is 11.8. The molecular formula is C14H10N4O3S. The lowest BCUT2D eigenvalue weighted by Gasteiger charge is -2.07. The highest BCUT2D eigenvalue weighted by Gasteiger charge is 2.16. The minimum Gasteiger partial charge on any atom is -0.290 e. The molecule has 0 saturated carbocycles. The number of amides is 1. The average molecular weight is 314 g/mol. The maximum atomic E-state index is 12.0. The SMILES string of the molecule is NNC(=O)c1cc(-c2ccc([N+](=O)[O-])s2)nc2ccccc12. The fraction of sp³-hybridized carbons (Fsp3) is 0. The number of fused-ring (bicyclic) bond motifs is 1. The van der Waals surface area contributed by atoms with E-state index in [-0.39, 0.29) is 5.00 Å². The van der Waals surface area contributed by atoms with E-state index in [1.165, 1.54) is 6.07 Å². The van der Waals surface area contributed by atoms with Crippen LogP contribution in [0.2, 0.25) is 0 Å². The summed E-state index contributed by atoms with van der Waals surface area (Å²) in [6.45, 7) is 0. The molecule has 0 saturated heterocycles. The first-order chi connectivity index (χ1) is 10.6. The smallest absolute Gasteiger partial charge is 0.290 e. The molecule has 0 fully saturated rings. The number of nitro groups is 1. The van der Waals surface area contributed by atoms with E-state index in [9.17, 15) is 14.9 Å². The third kappa shape index (κ3) is 2.41. The molecule has 0 aliphatic heterocycles. The van der Waals surface area contributed by atoms with Crippen molar-refractivity contribution in [1.29, 1.82) is 0 Å². The molecule has 2 heterocycles. The highest BCUT2D eigenvalue weighted by Crippen LogP contribution is 2.33. The van der Waals surface area contributed by atoms with Gasteiger partial charge in [0.2, 0.25) is 0 Å². The summed E-state index contributed by atoms with van der Waals surface area (Å²) in [5.74, 6) is 4.78. The topological polar surface area (TPSA) is 111 Å². The number of carbonyl (C=O) groups excluding carboxylic acids is 1. The summed E-state index contributed by atoms with van der Waals surface area (Å²) in [5, 5.41) is 11.5. The Bertz CT molecular complexity index is 891. The number of hydrogen-bond donors (Lipinski definition) is 2. The Morgan fingerprint density at radius 1 is 1.27 bits per heavy atom. The lowest BCUT2D eigenvalue weighted by Crippen LogP contribution is -2.30. The Morgan fingerprint density at radius 3 is 2.73 bits per heavy atom. The van der Waals surface area contributed by atoms with Gasteiger partial charge in [0.1, 0.15) is 0 Å². The van der Waals surface area contributed by atoms with E-state index in [0.717, 1.165) is 11.3 Å². The Labute approximate surface area is 128 Å². The Morgan fingerprint density at radius 2 is 2.05 bits per heavy atom. The van der Waals surface area contributed by atoms with Crippen molar-refractivity contribution >= 4 is 33.1 Å². The molecule has 1 aromatic carbocycles. The zero-order chi connectivity index (χ0) is 15.7. The highest BCUT2D eigenvalue weighted by molar-refractivity contribution is 7.18. The summed E-state index contributed by atoms with van der Waals surface area (Å²) < 4.78 is 0. The van der Waals surface area contributed by atoms with E-state index in [2.05, 4.69) is 10.4 Å². The van der Waals surface area contributed by atoms with Crippen LogP contribution >= 0.6 is 11.3 Å². The molecule has 0 spiro atoms. The van der Waals surface area contributed by atoms with Crippen molar-refractivity contribution < 1.29 is 9.72 Å². The number of nitrogens with two attached hydrogens (primary N) is 1. The summed E-state index contributed by atoms with van der Waals surface area (Å²) in [7, 11) is 0. The number of para-hydroxylation sites is 1. The summed E-state index contributed by atoms with van der Waals surface area (Å²) in [4.78, 5) is 27.4. The number of aromatic nitrogens is 1. The third-order valence-corrected chi connectivity index (χ3v) is 4.18. The maximum Gasteiger partial charge on any atom is 0.324 e. The molecule has 1 amide bonds. The van der Waals surface area contributed by atoms with E-state index >= 15 is 0 Å². The highest BCUT2D eigenvalue weighted by atomic mass is 32.1. The molecule has 3 N–H and O–H groups in total. The number of nitrogens with one attached hydrogen (secondary N) is 1. The van der Waals surface area contributed by atoms with Gasteiger partial charge in [-0.25, -0.2) is 10.8 Å². The quantitative estimate of drug-likeness (QED) is 0.334. The number of nitrogen functional groups attached to an aromatic ring is 1. The lowest BCUT2D eigenvalue weighted by atomic mass is 10.1. The van der Waals surface area contributed by atoms with Crippen LogP contribution < -0.4 is 11.3 Å². The lowest BCUT2D eigenvalue weighted by molar-refractivity contribution is -0.380. The first-order valence-corrected chi connectivity index (χ1v) is 7.07. The molecule has 7 nitrogen and oxygen atoms in total. The van der Waals surface area contributed by atoms with Gasteiger partial charge in [-0.05, 0) is 18.2 Å². The normalized spacial score (nSPS) is 10.6. The van der Waals surface area contributed by atoms with Crippen LogP contribution in [-0.4, -0.2) is 15.8 Å². The first kappa shape index (κ1) is 14.1. The minimum atomic E-state index is -0.456. The number of thiophene rings is 1. The predicted molar refractivity (Wildman–Crippen MR) is 83.4 cm³/mol. The van der Waals surface area contributed by atoms with Crippen LogP contribution in [0.3, 0.4) is 0 Å². The van der Waals surface area contributed by atoms with Gasteiger partial charge in [0.25, 0.3) is 5.91 Å². The van der Waals surface area contributed by atoms with Crippen molar-refractivity contribution in [2.75, 3.05) is 0 Å². The number of pyridine rings is 1. The van der Waals surface area contributed by atoms with E-state index in [1.807, 2.05) is 0 Å². The second kappa shape index (κ2) is 5.51. The van der Waals surface area contributed by atoms with Crippen molar-refractivity contribution in [3.8, 4) is 10.6 Å². The largest absolute Gasteiger partial charge is 0.324 e. The second-order valence-corrected chi connectivity index (χ2v) is 5.50. The molecule has 22 heavy (non-hydrogen) atoms. The van der Waals surface area contributed by atoms with Crippen LogP contribution in [0.1, 0.15) is 10.4 Å². The molecule has 8 heteroatoms. The maximum absolute atomic E-state index is 12.0. The number of rotatable bonds is 3. The summed E-state index contributed by atoms with van der Waals surface area (Å²) >= 11 is 1.01. The van der Waals surface area contributed by atoms with Gasteiger partial charge < -0.3 is 0 Å². The van der Waals surface area contributed by atoms with Crippen molar-refractivity contribution in [3.63, 3.8) is 0 Å². The van der Waals surface area contributed by atoms with Gasteiger partial charge >= 0.3 is 5.00 Å². The average Bonchev–Trinajstić information content (AvgIpc) is 3.03. The number of hydrazine groups is 1. The van der Waals surface area contributed by atoms with Gasteiger partial charge in [0, 0.05) is 11.5 Å². The standard InChI is InChI=1S/C14H10N4O3S/c15-17-14(19)9-7-11(12-5-6-13(22-12)18(20)21)16-10-4-2-1-3-8(9)10/h1-7H,15H2,(H,17,19). The monoisotopic (exact) mass is 314 g/mol. The molecule has 110 valence electrons. The van der Waals surface area contributed by atoms with Gasteiger partial charge in [0.15, 0.2) is 0 Å². The number of benzene rings is 1. The molecular weight excluding hydrogens is 304 g/mol. The first-order valence-electron chi connectivity index (χ1n) is 6.25.